The van der Waals surface area contributed by atoms with Crippen LogP contribution in [0.3, 0.4) is 0 Å². The van der Waals surface area contributed by atoms with Gasteiger partial charge in [-0.25, -0.2) is 0 Å². The van der Waals surface area contributed by atoms with Crippen LogP contribution in [-0.2, 0) is 0 Å². The van der Waals surface area contributed by atoms with Gasteiger partial charge in [0.2, 0.25) is 0 Å². The normalized spacial score (nSPS) is 12.1. The number of allylic oxidation sites excluding steroid dienone is 5. The molecular weight excluding hydrogens is 617 g/mol. The number of aromatic amines is 1. The molecular formula is C49H36N2. The molecule has 0 bridgehead atoms. The number of hydrogen-bond donors (Lipinski definition) is 1. The molecule has 0 fully saturated rings. The lowest BCUT2D eigenvalue weighted by Gasteiger charge is -2.14. The van der Waals surface area contributed by atoms with Crippen molar-refractivity contribution >= 4 is 49.2 Å². The number of H-pyrrole nitrogens is 1. The highest BCUT2D eigenvalue weighted by Gasteiger charge is 2.16. The van der Waals surface area contributed by atoms with Crippen LogP contribution in [0.4, 0.5) is 0 Å². The summed E-state index contributed by atoms with van der Waals surface area (Å²) in [4.78, 5) is 3.64. The van der Waals surface area contributed by atoms with Crippen molar-refractivity contribution in [3.8, 4) is 39.1 Å². The van der Waals surface area contributed by atoms with Gasteiger partial charge in [-0.05, 0) is 112 Å². The summed E-state index contributed by atoms with van der Waals surface area (Å²) in [7, 11) is 0. The Bertz CT molecular complexity index is 2810. The smallest absolute Gasteiger partial charge is 0.0541 e. The largest absolute Gasteiger partial charge is 0.355 e. The number of hydrogen-bond acceptors (Lipinski definition) is 0. The van der Waals surface area contributed by atoms with Crippen molar-refractivity contribution in [2.45, 2.75) is 6.92 Å². The van der Waals surface area contributed by atoms with E-state index in [0.717, 1.165) is 27.9 Å². The number of fused-ring (bicyclic) bond motifs is 6. The van der Waals surface area contributed by atoms with Gasteiger partial charge in [-0.3, -0.25) is 0 Å². The molecule has 0 atom stereocenters. The van der Waals surface area contributed by atoms with Gasteiger partial charge in [-0.1, -0.05) is 128 Å². The van der Waals surface area contributed by atoms with Crippen LogP contribution >= 0.6 is 0 Å². The van der Waals surface area contributed by atoms with E-state index in [4.69, 9.17) is 0 Å². The number of aromatic nitrogens is 2. The molecule has 0 aliphatic rings. The fraction of sp³-hybridized carbons (Fsp3) is 0.0204. The Hall–Kier alpha value is -6.64. The van der Waals surface area contributed by atoms with Crippen LogP contribution in [0, 0.1) is 0 Å². The van der Waals surface area contributed by atoms with Crippen molar-refractivity contribution in [3.05, 3.63) is 194 Å². The van der Waals surface area contributed by atoms with E-state index < -0.39 is 0 Å². The van der Waals surface area contributed by atoms with E-state index in [9.17, 15) is 0 Å². The van der Waals surface area contributed by atoms with Crippen molar-refractivity contribution in [3.63, 3.8) is 0 Å². The molecule has 2 nitrogen and oxygen atoms in total. The zero-order chi connectivity index (χ0) is 34.3. The van der Waals surface area contributed by atoms with Crippen LogP contribution in [0.1, 0.15) is 12.5 Å². The second kappa shape index (κ2) is 12.7. The Morgan fingerprint density at radius 2 is 1.08 bits per heavy atom. The summed E-state index contributed by atoms with van der Waals surface area (Å²) in [6.07, 6.45) is 8.13. The molecule has 7 aromatic carbocycles. The summed E-state index contributed by atoms with van der Waals surface area (Å²) < 4.78 is 2.42. The molecule has 2 aromatic heterocycles. The minimum Gasteiger partial charge on any atom is -0.355 e. The first-order valence-electron chi connectivity index (χ1n) is 17.5. The summed E-state index contributed by atoms with van der Waals surface area (Å²) >= 11 is 0. The molecule has 0 unspecified atom stereocenters. The monoisotopic (exact) mass is 652 g/mol. The molecule has 0 aliphatic carbocycles. The van der Waals surface area contributed by atoms with E-state index >= 15 is 0 Å². The number of rotatable bonds is 7. The molecule has 0 radical (unpaired) electrons. The minimum atomic E-state index is 1.13. The molecule has 51 heavy (non-hydrogen) atoms. The first-order valence-corrected chi connectivity index (χ1v) is 17.5. The Labute approximate surface area is 298 Å². The van der Waals surface area contributed by atoms with E-state index in [2.05, 4.69) is 193 Å². The SMILES string of the molecule is C=C/C=C\C(=C/C)c1cc(-c2ccccc2)cc(-n2c3ccccc3c3cc(-c4ccc5[nH]c6ccc(-c7ccccc7)cc6c5c4)ccc32)c1. The van der Waals surface area contributed by atoms with Gasteiger partial charge in [0.15, 0.2) is 0 Å². The van der Waals surface area contributed by atoms with Crippen LogP contribution in [0.25, 0.3) is 88.3 Å². The highest BCUT2D eigenvalue weighted by molar-refractivity contribution is 6.12. The van der Waals surface area contributed by atoms with Crippen LogP contribution in [0.2, 0.25) is 0 Å². The van der Waals surface area contributed by atoms with Crippen molar-refractivity contribution < 1.29 is 0 Å². The molecule has 0 aliphatic heterocycles. The molecule has 9 rings (SSSR count). The average Bonchev–Trinajstić information content (AvgIpc) is 3.73. The maximum absolute atomic E-state index is 3.90. The fourth-order valence-electron chi connectivity index (χ4n) is 7.55. The van der Waals surface area contributed by atoms with Crippen molar-refractivity contribution in [2.75, 3.05) is 0 Å². The lowest BCUT2D eigenvalue weighted by Crippen LogP contribution is -1.97. The minimum absolute atomic E-state index is 1.13. The highest BCUT2D eigenvalue weighted by Crippen LogP contribution is 2.39. The second-order valence-corrected chi connectivity index (χ2v) is 13.1. The zero-order valence-electron chi connectivity index (χ0n) is 28.5. The number of para-hydroxylation sites is 1. The first kappa shape index (κ1) is 30.4. The maximum atomic E-state index is 3.90. The third kappa shape index (κ3) is 5.39. The lowest BCUT2D eigenvalue weighted by molar-refractivity contribution is 1.18. The van der Waals surface area contributed by atoms with Gasteiger partial charge in [0, 0.05) is 38.3 Å². The van der Waals surface area contributed by atoms with Crippen molar-refractivity contribution in [1.29, 1.82) is 0 Å². The lowest BCUT2D eigenvalue weighted by atomic mass is 9.97. The highest BCUT2D eigenvalue weighted by atomic mass is 15.0. The molecule has 1 N–H and O–H groups in total. The summed E-state index contributed by atoms with van der Waals surface area (Å²) in [5.74, 6) is 0. The summed E-state index contributed by atoms with van der Waals surface area (Å²) in [5, 5.41) is 4.94. The number of nitrogens with one attached hydrogen (secondary N) is 1. The molecule has 0 saturated heterocycles. The third-order valence-electron chi connectivity index (χ3n) is 10.1. The summed E-state index contributed by atoms with van der Waals surface area (Å²) in [5.41, 5.74) is 15.3. The van der Waals surface area contributed by atoms with E-state index in [0.29, 0.717) is 0 Å². The van der Waals surface area contributed by atoms with E-state index in [-0.39, 0.29) is 0 Å². The quantitative estimate of drug-likeness (QED) is 0.165. The van der Waals surface area contributed by atoms with Crippen LogP contribution in [0.15, 0.2) is 189 Å². The van der Waals surface area contributed by atoms with Gasteiger partial charge in [0.25, 0.3) is 0 Å². The van der Waals surface area contributed by atoms with Gasteiger partial charge in [0.05, 0.1) is 11.0 Å². The Kier molecular flexibility index (Phi) is 7.56. The first-order chi connectivity index (χ1) is 25.2. The predicted molar refractivity (Wildman–Crippen MR) is 219 cm³/mol. The van der Waals surface area contributed by atoms with Crippen molar-refractivity contribution in [2.24, 2.45) is 0 Å². The van der Waals surface area contributed by atoms with E-state index in [1.54, 1.807) is 0 Å². The predicted octanol–water partition coefficient (Wildman–Crippen LogP) is 13.6. The summed E-state index contributed by atoms with van der Waals surface area (Å²) in [6, 6.07) is 57.4. The van der Waals surface area contributed by atoms with Crippen LogP contribution in [0.5, 0.6) is 0 Å². The standard InChI is InChI=1S/C49H36N2/c1-3-5-14-33(4-2)39-27-40(35-17-10-7-11-18-35)29-41(28-39)51-48-20-13-12-19-42(48)45-32-38(23-26-49(45)51)37-22-25-47-44(31-37)43-30-36(21-24-46(43)50-47)34-15-8-6-9-16-34/h3-32,50H,1H2,2H3/b14-5-,33-4+. The maximum Gasteiger partial charge on any atom is 0.0541 e. The zero-order valence-corrected chi connectivity index (χ0v) is 28.5. The van der Waals surface area contributed by atoms with Gasteiger partial charge >= 0.3 is 0 Å². The number of nitrogens with zero attached hydrogens (tertiary/aromatic N) is 1. The number of benzene rings is 7. The van der Waals surface area contributed by atoms with Gasteiger partial charge in [0.1, 0.15) is 0 Å². The second-order valence-electron chi connectivity index (χ2n) is 13.1. The van der Waals surface area contributed by atoms with Crippen LogP contribution in [-0.4, -0.2) is 9.55 Å². The van der Waals surface area contributed by atoms with E-state index in [1.165, 1.54) is 66.0 Å². The van der Waals surface area contributed by atoms with Gasteiger partial charge in [-0.15, -0.1) is 0 Å². The molecule has 0 amide bonds. The van der Waals surface area contributed by atoms with Crippen molar-refractivity contribution in [1.82, 2.24) is 9.55 Å². The molecule has 2 heteroatoms. The third-order valence-corrected chi connectivity index (χ3v) is 10.1. The van der Waals surface area contributed by atoms with Crippen LogP contribution < -0.4 is 0 Å². The molecule has 9 aromatic rings. The fourth-order valence-corrected chi connectivity index (χ4v) is 7.55. The van der Waals surface area contributed by atoms with E-state index in [1.807, 2.05) is 12.2 Å². The molecule has 0 saturated carbocycles. The van der Waals surface area contributed by atoms with Gasteiger partial charge < -0.3 is 9.55 Å². The molecule has 2 heterocycles. The topological polar surface area (TPSA) is 20.7 Å². The van der Waals surface area contributed by atoms with Gasteiger partial charge in [-0.2, -0.15) is 0 Å². The Balaban J connectivity index is 1.22. The molecule has 0 spiro atoms. The Morgan fingerprint density at radius 1 is 0.510 bits per heavy atom. The summed E-state index contributed by atoms with van der Waals surface area (Å²) in [6.45, 7) is 5.99. The molecule has 242 valence electrons. The Morgan fingerprint density at radius 3 is 1.75 bits per heavy atom. The average molecular weight is 653 g/mol.